The number of carbonyl (C=O) groups is 2. The summed E-state index contributed by atoms with van der Waals surface area (Å²) in [5.41, 5.74) is 3.51. The van der Waals surface area contributed by atoms with Crippen molar-refractivity contribution in [1.82, 2.24) is 0 Å². The Balaban J connectivity index is 1.76. The van der Waals surface area contributed by atoms with Crippen molar-refractivity contribution in [3.05, 3.63) is 52.5 Å². The topological polar surface area (TPSA) is 58.6 Å². The van der Waals surface area contributed by atoms with E-state index in [0.29, 0.717) is 23.0 Å². The molecule has 1 N–H and O–H groups in total. The van der Waals surface area contributed by atoms with E-state index in [1.54, 1.807) is 23.1 Å². The van der Waals surface area contributed by atoms with E-state index in [-0.39, 0.29) is 18.2 Å². The molecule has 0 radical (unpaired) electrons. The maximum atomic E-state index is 12.7. The van der Waals surface area contributed by atoms with Crippen molar-refractivity contribution in [2.45, 2.75) is 20.3 Å². The third kappa shape index (κ3) is 3.83. The van der Waals surface area contributed by atoms with Crippen LogP contribution in [-0.4, -0.2) is 25.5 Å². The molecule has 0 aliphatic carbocycles. The summed E-state index contributed by atoms with van der Waals surface area (Å²) in [7, 11) is 1.53. The largest absolute Gasteiger partial charge is 0.495 e. The van der Waals surface area contributed by atoms with Gasteiger partial charge in [-0.05, 0) is 55.3 Å². The van der Waals surface area contributed by atoms with Gasteiger partial charge in [0.2, 0.25) is 11.8 Å². The molecule has 0 unspecified atom stereocenters. The molecule has 2 amide bonds. The lowest BCUT2D eigenvalue weighted by atomic mass is 10.1. The number of methoxy groups -OCH3 is 1. The van der Waals surface area contributed by atoms with Crippen LogP contribution >= 0.6 is 11.6 Å². The first-order chi connectivity index (χ1) is 12.4. The molecule has 1 aliphatic heterocycles. The molecule has 1 atom stereocenters. The molecule has 26 heavy (non-hydrogen) atoms. The molecule has 2 aromatic rings. The minimum Gasteiger partial charge on any atom is -0.495 e. The summed E-state index contributed by atoms with van der Waals surface area (Å²) in [4.78, 5) is 26.8. The van der Waals surface area contributed by atoms with Gasteiger partial charge in [0.05, 0.1) is 18.7 Å². The standard InChI is InChI=1S/C20H21ClN2O3/c1-12-6-13(2)8-16(7-12)23-11-14(9-19(23)24)20(25)22-17-10-15(21)4-5-18(17)26-3/h4-8,10,14H,9,11H2,1-3H3,(H,22,25)/t14-/m1/s1. The van der Waals surface area contributed by atoms with Gasteiger partial charge in [0.15, 0.2) is 0 Å². The predicted octanol–water partition coefficient (Wildman–Crippen LogP) is 3.96. The van der Waals surface area contributed by atoms with Gasteiger partial charge in [0, 0.05) is 23.7 Å². The smallest absolute Gasteiger partial charge is 0.229 e. The van der Waals surface area contributed by atoms with Gasteiger partial charge in [-0.1, -0.05) is 17.7 Å². The van der Waals surface area contributed by atoms with Crippen molar-refractivity contribution in [1.29, 1.82) is 0 Å². The van der Waals surface area contributed by atoms with E-state index in [0.717, 1.165) is 16.8 Å². The third-order valence-corrected chi connectivity index (χ3v) is 4.67. The number of hydrogen-bond acceptors (Lipinski definition) is 3. The highest BCUT2D eigenvalue weighted by Gasteiger charge is 2.35. The highest BCUT2D eigenvalue weighted by molar-refractivity contribution is 6.31. The lowest BCUT2D eigenvalue weighted by Crippen LogP contribution is -2.28. The molecule has 0 spiro atoms. The van der Waals surface area contributed by atoms with Crippen molar-refractivity contribution in [2.75, 3.05) is 23.9 Å². The molecular formula is C20H21ClN2O3. The normalized spacial score (nSPS) is 16.7. The number of anilines is 2. The van der Waals surface area contributed by atoms with E-state index in [4.69, 9.17) is 16.3 Å². The molecule has 1 heterocycles. The van der Waals surface area contributed by atoms with Crippen LogP contribution in [0.15, 0.2) is 36.4 Å². The monoisotopic (exact) mass is 372 g/mol. The van der Waals surface area contributed by atoms with Crippen molar-refractivity contribution >= 4 is 34.8 Å². The first kappa shape index (κ1) is 18.3. The third-order valence-electron chi connectivity index (χ3n) is 4.43. The van der Waals surface area contributed by atoms with Gasteiger partial charge >= 0.3 is 0 Å². The van der Waals surface area contributed by atoms with E-state index < -0.39 is 5.92 Å². The number of nitrogens with zero attached hydrogens (tertiary/aromatic N) is 1. The number of rotatable bonds is 4. The highest BCUT2D eigenvalue weighted by Crippen LogP contribution is 2.31. The fraction of sp³-hybridized carbons (Fsp3) is 0.300. The van der Waals surface area contributed by atoms with Gasteiger partial charge in [0.25, 0.3) is 0 Å². The van der Waals surface area contributed by atoms with Crippen LogP contribution in [0.1, 0.15) is 17.5 Å². The van der Waals surface area contributed by atoms with Gasteiger partial charge in [-0.3, -0.25) is 9.59 Å². The van der Waals surface area contributed by atoms with Crippen molar-refractivity contribution < 1.29 is 14.3 Å². The van der Waals surface area contributed by atoms with E-state index in [2.05, 4.69) is 11.4 Å². The summed E-state index contributed by atoms with van der Waals surface area (Å²) in [5, 5.41) is 3.33. The molecule has 3 rings (SSSR count). The minimum atomic E-state index is -0.424. The highest BCUT2D eigenvalue weighted by atomic mass is 35.5. The molecule has 2 aromatic carbocycles. The summed E-state index contributed by atoms with van der Waals surface area (Å²) < 4.78 is 5.25. The lowest BCUT2D eigenvalue weighted by molar-refractivity contribution is -0.122. The van der Waals surface area contributed by atoms with Crippen LogP contribution in [0.5, 0.6) is 5.75 Å². The molecule has 0 bridgehead atoms. The molecule has 1 aliphatic rings. The van der Waals surface area contributed by atoms with Crippen molar-refractivity contribution in [3.63, 3.8) is 0 Å². The quantitative estimate of drug-likeness (QED) is 0.883. The van der Waals surface area contributed by atoms with Crippen molar-refractivity contribution in [3.8, 4) is 5.75 Å². The zero-order chi connectivity index (χ0) is 18.8. The van der Waals surface area contributed by atoms with Gasteiger partial charge in [-0.25, -0.2) is 0 Å². The summed E-state index contributed by atoms with van der Waals surface area (Å²) >= 11 is 6.00. The first-order valence-electron chi connectivity index (χ1n) is 8.40. The minimum absolute atomic E-state index is 0.0480. The lowest BCUT2D eigenvalue weighted by Gasteiger charge is -2.18. The molecule has 1 fully saturated rings. The number of ether oxygens (including phenoxy) is 1. The Bertz CT molecular complexity index is 846. The Morgan fingerprint density at radius 1 is 1.19 bits per heavy atom. The van der Waals surface area contributed by atoms with Crippen LogP contribution in [-0.2, 0) is 9.59 Å². The maximum Gasteiger partial charge on any atom is 0.229 e. The van der Waals surface area contributed by atoms with Crippen LogP contribution in [0, 0.1) is 19.8 Å². The molecule has 6 heteroatoms. The van der Waals surface area contributed by atoms with Crippen molar-refractivity contribution in [2.24, 2.45) is 5.92 Å². The summed E-state index contributed by atoms with van der Waals surface area (Å²) in [6, 6.07) is 11.0. The summed E-state index contributed by atoms with van der Waals surface area (Å²) in [5.74, 6) is -0.163. The van der Waals surface area contributed by atoms with Gasteiger partial charge in [-0.2, -0.15) is 0 Å². The molecule has 5 nitrogen and oxygen atoms in total. The van der Waals surface area contributed by atoms with Crippen LogP contribution in [0.25, 0.3) is 0 Å². The Morgan fingerprint density at radius 2 is 1.88 bits per heavy atom. The van der Waals surface area contributed by atoms with Gasteiger partial charge < -0.3 is 15.0 Å². The molecule has 136 valence electrons. The maximum absolute atomic E-state index is 12.7. The summed E-state index contributed by atoms with van der Waals surface area (Å²) in [6.45, 7) is 4.34. The number of amides is 2. The van der Waals surface area contributed by atoms with Gasteiger partial charge in [0.1, 0.15) is 5.75 Å². The Labute approximate surface area is 157 Å². The molecular weight excluding hydrogens is 352 g/mol. The van der Waals surface area contributed by atoms with Gasteiger partial charge in [-0.15, -0.1) is 0 Å². The van der Waals surface area contributed by atoms with Crippen LogP contribution in [0.2, 0.25) is 5.02 Å². The number of aryl methyl sites for hydroxylation is 2. The van der Waals surface area contributed by atoms with Crippen LogP contribution in [0.4, 0.5) is 11.4 Å². The van der Waals surface area contributed by atoms with E-state index >= 15 is 0 Å². The number of carbonyl (C=O) groups excluding carboxylic acids is 2. The van der Waals surface area contributed by atoms with E-state index in [1.807, 2.05) is 26.0 Å². The molecule has 1 saturated heterocycles. The fourth-order valence-corrected chi connectivity index (χ4v) is 3.42. The number of nitrogens with one attached hydrogen (secondary N) is 1. The second-order valence-corrected chi connectivity index (χ2v) is 7.02. The average molecular weight is 373 g/mol. The zero-order valence-electron chi connectivity index (χ0n) is 15.0. The van der Waals surface area contributed by atoms with E-state index in [9.17, 15) is 9.59 Å². The number of hydrogen-bond donors (Lipinski definition) is 1. The van der Waals surface area contributed by atoms with E-state index in [1.165, 1.54) is 7.11 Å². The van der Waals surface area contributed by atoms with Crippen LogP contribution in [0.3, 0.4) is 0 Å². The second-order valence-electron chi connectivity index (χ2n) is 6.59. The fourth-order valence-electron chi connectivity index (χ4n) is 3.25. The SMILES string of the molecule is COc1ccc(Cl)cc1NC(=O)[C@@H]1CC(=O)N(c2cc(C)cc(C)c2)C1. The Kier molecular flexibility index (Phi) is 5.18. The Morgan fingerprint density at radius 3 is 2.54 bits per heavy atom. The molecule has 0 saturated carbocycles. The first-order valence-corrected chi connectivity index (χ1v) is 8.78. The Hall–Kier alpha value is -2.53. The number of halogens is 1. The zero-order valence-corrected chi connectivity index (χ0v) is 15.8. The van der Waals surface area contributed by atoms with Crippen LogP contribution < -0.4 is 15.0 Å². The second kappa shape index (κ2) is 7.38. The number of benzene rings is 2. The predicted molar refractivity (Wildman–Crippen MR) is 103 cm³/mol. The summed E-state index contributed by atoms with van der Waals surface area (Å²) in [6.07, 6.45) is 0.182. The molecule has 0 aromatic heterocycles. The average Bonchev–Trinajstić information content (AvgIpc) is 2.96.